The van der Waals surface area contributed by atoms with Crippen molar-refractivity contribution >= 4 is 0 Å². The van der Waals surface area contributed by atoms with Crippen LogP contribution in [0.1, 0.15) is 38.2 Å². The van der Waals surface area contributed by atoms with Gasteiger partial charge in [-0.25, -0.2) is 4.39 Å². The molecule has 1 unspecified atom stereocenters. The smallest absolute Gasteiger partial charge is 0.123 e. The number of nitrogens with one attached hydrogen (secondary N) is 1. The third-order valence-electron chi connectivity index (χ3n) is 4.29. The molecular formula is C17H27FN2. The van der Waals surface area contributed by atoms with Crippen LogP contribution in [0, 0.1) is 11.2 Å². The number of benzene rings is 1. The summed E-state index contributed by atoms with van der Waals surface area (Å²) in [6.07, 6.45) is 5.08. The third-order valence-corrected chi connectivity index (χ3v) is 4.29. The lowest BCUT2D eigenvalue weighted by Crippen LogP contribution is -2.46. The molecule has 0 amide bonds. The van der Waals surface area contributed by atoms with E-state index in [4.69, 9.17) is 0 Å². The van der Waals surface area contributed by atoms with Crippen molar-refractivity contribution in [3.8, 4) is 0 Å². The Hall–Kier alpha value is -0.930. The fourth-order valence-electron chi connectivity index (χ4n) is 3.56. The van der Waals surface area contributed by atoms with Crippen molar-refractivity contribution in [2.45, 2.75) is 39.2 Å². The summed E-state index contributed by atoms with van der Waals surface area (Å²) in [5.41, 5.74) is 1.46. The van der Waals surface area contributed by atoms with E-state index < -0.39 is 0 Å². The zero-order valence-corrected chi connectivity index (χ0v) is 12.8. The highest BCUT2D eigenvalue weighted by Crippen LogP contribution is 2.32. The molecule has 1 aliphatic heterocycles. The molecule has 1 aliphatic rings. The molecule has 1 aromatic carbocycles. The molecule has 0 spiro atoms. The molecule has 2 rings (SSSR count). The Labute approximate surface area is 122 Å². The number of piperidine rings is 1. The Kier molecular flexibility index (Phi) is 5.55. The second-order valence-electron chi connectivity index (χ2n) is 6.33. The van der Waals surface area contributed by atoms with Crippen LogP contribution in [0.3, 0.4) is 0 Å². The number of hydrogen-bond acceptors (Lipinski definition) is 2. The van der Waals surface area contributed by atoms with E-state index in [1.165, 1.54) is 31.7 Å². The van der Waals surface area contributed by atoms with Crippen molar-refractivity contribution in [1.29, 1.82) is 0 Å². The van der Waals surface area contributed by atoms with Gasteiger partial charge in [-0.05, 0) is 56.0 Å². The van der Waals surface area contributed by atoms with Gasteiger partial charge in [-0.2, -0.15) is 0 Å². The summed E-state index contributed by atoms with van der Waals surface area (Å²) < 4.78 is 13.2. The fourth-order valence-corrected chi connectivity index (χ4v) is 3.56. The van der Waals surface area contributed by atoms with Crippen LogP contribution in [-0.4, -0.2) is 31.6 Å². The first-order valence-corrected chi connectivity index (χ1v) is 7.77. The van der Waals surface area contributed by atoms with E-state index in [0.29, 0.717) is 5.41 Å². The predicted molar refractivity (Wildman–Crippen MR) is 82.2 cm³/mol. The summed E-state index contributed by atoms with van der Waals surface area (Å²) in [6.45, 7) is 6.45. The summed E-state index contributed by atoms with van der Waals surface area (Å²) in [7, 11) is 2.15. The lowest BCUT2D eigenvalue weighted by Gasteiger charge is -2.40. The van der Waals surface area contributed by atoms with Crippen LogP contribution in [0.25, 0.3) is 0 Å². The predicted octanol–water partition coefficient (Wildman–Crippen LogP) is 3.43. The van der Waals surface area contributed by atoms with Crippen molar-refractivity contribution < 1.29 is 4.39 Å². The van der Waals surface area contributed by atoms with Crippen molar-refractivity contribution in [1.82, 2.24) is 10.2 Å². The van der Waals surface area contributed by atoms with E-state index in [2.05, 4.69) is 24.2 Å². The molecule has 1 saturated heterocycles. The molecule has 112 valence electrons. The van der Waals surface area contributed by atoms with Gasteiger partial charge in [0.25, 0.3) is 0 Å². The Morgan fingerprint density at radius 3 is 2.90 bits per heavy atom. The van der Waals surface area contributed by atoms with Crippen LogP contribution >= 0.6 is 0 Å². The van der Waals surface area contributed by atoms with E-state index >= 15 is 0 Å². The van der Waals surface area contributed by atoms with Gasteiger partial charge in [0.15, 0.2) is 0 Å². The Bertz CT molecular complexity index is 408. The summed E-state index contributed by atoms with van der Waals surface area (Å²) >= 11 is 0. The summed E-state index contributed by atoms with van der Waals surface area (Å²) in [5.74, 6) is -0.140. The molecule has 0 aliphatic carbocycles. The topological polar surface area (TPSA) is 15.3 Å². The van der Waals surface area contributed by atoms with Crippen molar-refractivity contribution in [2.24, 2.45) is 5.41 Å². The Morgan fingerprint density at radius 2 is 2.25 bits per heavy atom. The largest absolute Gasteiger partial charge is 0.316 e. The minimum Gasteiger partial charge on any atom is -0.316 e. The van der Waals surface area contributed by atoms with Crippen molar-refractivity contribution in [3.63, 3.8) is 0 Å². The lowest BCUT2D eigenvalue weighted by molar-refractivity contribution is 0.118. The highest BCUT2D eigenvalue weighted by atomic mass is 19.1. The molecule has 0 bridgehead atoms. The van der Waals surface area contributed by atoms with E-state index in [0.717, 1.165) is 31.7 Å². The molecule has 1 aromatic rings. The van der Waals surface area contributed by atoms with Gasteiger partial charge < -0.3 is 10.2 Å². The number of halogens is 1. The maximum absolute atomic E-state index is 13.2. The average molecular weight is 278 g/mol. The first-order chi connectivity index (χ1) is 9.63. The zero-order valence-electron chi connectivity index (χ0n) is 12.8. The van der Waals surface area contributed by atoms with E-state index in [1.54, 1.807) is 12.1 Å². The van der Waals surface area contributed by atoms with E-state index in [-0.39, 0.29) is 5.82 Å². The summed E-state index contributed by atoms with van der Waals surface area (Å²) in [5, 5.41) is 3.55. The maximum atomic E-state index is 13.2. The van der Waals surface area contributed by atoms with Crippen LogP contribution < -0.4 is 5.32 Å². The monoisotopic (exact) mass is 278 g/mol. The highest BCUT2D eigenvalue weighted by molar-refractivity contribution is 5.16. The molecule has 0 saturated carbocycles. The second-order valence-corrected chi connectivity index (χ2v) is 6.33. The zero-order chi connectivity index (χ0) is 14.4. The molecule has 0 aromatic heterocycles. The van der Waals surface area contributed by atoms with Gasteiger partial charge in [0.05, 0.1) is 0 Å². The standard InChI is InChI=1S/C17H27FN2/c1-3-8-17(9-5-10-19-13-17)14-20(2)12-15-6-4-7-16(18)11-15/h4,6-7,11,19H,3,5,8-10,12-14H2,1-2H3. The number of nitrogens with zero attached hydrogens (tertiary/aromatic N) is 1. The van der Waals surface area contributed by atoms with Crippen LogP contribution in [0.15, 0.2) is 24.3 Å². The van der Waals surface area contributed by atoms with Gasteiger partial charge in [0, 0.05) is 19.6 Å². The molecular weight excluding hydrogens is 251 g/mol. The van der Waals surface area contributed by atoms with Crippen molar-refractivity contribution in [2.75, 3.05) is 26.7 Å². The highest BCUT2D eigenvalue weighted by Gasteiger charge is 2.32. The van der Waals surface area contributed by atoms with Gasteiger partial charge in [-0.3, -0.25) is 0 Å². The van der Waals surface area contributed by atoms with E-state index in [9.17, 15) is 4.39 Å². The van der Waals surface area contributed by atoms with Gasteiger partial charge in [-0.1, -0.05) is 25.5 Å². The van der Waals surface area contributed by atoms with Crippen LogP contribution in [0.4, 0.5) is 4.39 Å². The maximum Gasteiger partial charge on any atom is 0.123 e. The molecule has 20 heavy (non-hydrogen) atoms. The normalized spacial score (nSPS) is 23.2. The summed E-state index contributed by atoms with van der Waals surface area (Å²) in [4.78, 5) is 2.34. The second kappa shape index (κ2) is 7.19. The molecule has 2 nitrogen and oxygen atoms in total. The Morgan fingerprint density at radius 1 is 1.40 bits per heavy atom. The molecule has 3 heteroatoms. The minimum absolute atomic E-state index is 0.140. The van der Waals surface area contributed by atoms with Crippen molar-refractivity contribution in [3.05, 3.63) is 35.6 Å². The first kappa shape index (κ1) is 15.5. The third kappa shape index (κ3) is 4.29. The van der Waals surface area contributed by atoms with Gasteiger partial charge in [-0.15, -0.1) is 0 Å². The molecule has 1 atom stereocenters. The quantitative estimate of drug-likeness (QED) is 0.857. The number of hydrogen-bond donors (Lipinski definition) is 1. The SMILES string of the molecule is CCCC1(CN(C)Cc2cccc(F)c2)CCCNC1. The van der Waals surface area contributed by atoms with E-state index in [1.807, 2.05) is 6.07 Å². The van der Waals surface area contributed by atoms with Gasteiger partial charge in [0.2, 0.25) is 0 Å². The minimum atomic E-state index is -0.140. The Balaban J connectivity index is 1.95. The average Bonchev–Trinajstić information content (AvgIpc) is 2.39. The van der Waals surface area contributed by atoms with Crippen LogP contribution in [0.5, 0.6) is 0 Å². The van der Waals surface area contributed by atoms with Crippen LogP contribution in [-0.2, 0) is 6.54 Å². The number of rotatable bonds is 6. The lowest BCUT2D eigenvalue weighted by atomic mass is 9.76. The molecule has 0 radical (unpaired) electrons. The fraction of sp³-hybridized carbons (Fsp3) is 0.647. The molecule has 1 heterocycles. The van der Waals surface area contributed by atoms with Gasteiger partial charge in [0.1, 0.15) is 5.82 Å². The first-order valence-electron chi connectivity index (χ1n) is 7.77. The molecule has 1 fully saturated rings. The van der Waals surface area contributed by atoms with Crippen LogP contribution in [0.2, 0.25) is 0 Å². The molecule has 1 N–H and O–H groups in total. The summed E-state index contributed by atoms with van der Waals surface area (Å²) in [6, 6.07) is 6.95. The van der Waals surface area contributed by atoms with Gasteiger partial charge >= 0.3 is 0 Å².